The summed E-state index contributed by atoms with van der Waals surface area (Å²) in [5, 5.41) is 17.1. The van der Waals surface area contributed by atoms with Crippen molar-refractivity contribution < 1.29 is 19.1 Å². The van der Waals surface area contributed by atoms with Gasteiger partial charge in [0.2, 0.25) is 5.91 Å². The second kappa shape index (κ2) is 13.5. The van der Waals surface area contributed by atoms with Gasteiger partial charge in [-0.15, -0.1) is 32.9 Å². The number of carbonyl (C=O) groups is 3. The van der Waals surface area contributed by atoms with Crippen LogP contribution in [-0.4, -0.2) is 44.4 Å². The van der Waals surface area contributed by atoms with E-state index in [1.165, 1.54) is 34.4 Å². The fraction of sp³-hybridized carbons (Fsp3) is 0.345. The number of amides is 2. The summed E-state index contributed by atoms with van der Waals surface area (Å²) in [5.74, 6) is -0.178. The number of thioether (sulfide) groups is 1. The number of thiophene rings is 2. The van der Waals surface area contributed by atoms with Crippen molar-refractivity contribution >= 4 is 57.2 Å². The van der Waals surface area contributed by atoms with Crippen molar-refractivity contribution in [2.75, 3.05) is 11.9 Å². The van der Waals surface area contributed by atoms with Gasteiger partial charge in [0, 0.05) is 11.4 Å². The topological polar surface area (TPSA) is 115 Å². The molecule has 0 radical (unpaired) electrons. The van der Waals surface area contributed by atoms with Crippen LogP contribution in [0.25, 0.3) is 0 Å². The normalized spacial score (nSPS) is 13.0. The van der Waals surface area contributed by atoms with E-state index in [0.29, 0.717) is 33.0 Å². The first-order valence-corrected chi connectivity index (χ1v) is 16.1. The van der Waals surface area contributed by atoms with E-state index in [9.17, 15) is 14.4 Å². The van der Waals surface area contributed by atoms with Gasteiger partial charge in [0.1, 0.15) is 5.00 Å². The first kappa shape index (κ1) is 29.0. The number of ether oxygens (including phenoxy) is 1. The van der Waals surface area contributed by atoms with Crippen LogP contribution in [0.1, 0.15) is 62.1 Å². The summed E-state index contributed by atoms with van der Waals surface area (Å²) in [5.41, 5.74) is 2.65. The molecular weight excluding hydrogens is 579 g/mol. The number of nitrogens with zero attached hydrogens (tertiary/aromatic N) is 3. The number of aromatic nitrogens is 3. The van der Waals surface area contributed by atoms with Gasteiger partial charge in [-0.3, -0.25) is 9.59 Å². The Morgan fingerprint density at radius 1 is 1.12 bits per heavy atom. The Kier molecular flexibility index (Phi) is 9.53. The molecule has 0 unspecified atom stereocenters. The second-order valence-corrected chi connectivity index (χ2v) is 12.8. The van der Waals surface area contributed by atoms with Crippen molar-refractivity contribution in [1.29, 1.82) is 0 Å². The SMILES string of the molecule is CCOC(=O)c1c(NC(=O)[C@@H](C)Sc2nnc(CNC(=O)c3cccs3)n2CCc2ccccc2)sc2c1CCC2. The predicted octanol–water partition coefficient (Wildman–Crippen LogP) is 5.36. The monoisotopic (exact) mass is 609 g/mol. The Bertz CT molecular complexity index is 1510. The zero-order valence-corrected chi connectivity index (χ0v) is 25.3. The highest BCUT2D eigenvalue weighted by molar-refractivity contribution is 8.00. The molecule has 1 atom stereocenters. The standard InChI is InChI=1S/C29H31N5O4S3/c1-3-38-28(37)24-20-11-7-12-21(20)41-27(24)31-25(35)18(2)40-29-33-32-23(17-30-26(36)22-13-8-16-39-22)34(29)15-14-19-9-5-4-6-10-19/h4-6,8-10,13,16,18H,3,7,11-12,14-15,17H2,1-2H3,(H,30,36)(H,31,35)/t18-/m1/s1. The van der Waals surface area contributed by atoms with E-state index in [2.05, 4.69) is 33.0 Å². The minimum atomic E-state index is -0.518. The molecule has 1 aliphatic carbocycles. The highest BCUT2D eigenvalue weighted by Gasteiger charge is 2.30. The van der Waals surface area contributed by atoms with E-state index >= 15 is 0 Å². The quantitative estimate of drug-likeness (QED) is 0.164. The van der Waals surface area contributed by atoms with Crippen molar-refractivity contribution in [3.63, 3.8) is 0 Å². The zero-order valence-electron chi connectivity index (χ0n) is 22.8. The minimum absolute atomic E-state index is 0.167. The van der Waals surface area contributed by atoms with Gasteiger partial charge in [0.05, 0.1) is 28.8 Å². The third-order valence-electron chi connectivity index (χ3n) is 6.70. The van der Waals surface area contributed by atoms with Crippen LogP contribution in [0.5, 0.6) is 0 Å². The molecule has 0 fully saturated rings. The zero-order chi connectivity index (χ0) is 28.8. The molecule has 1 aromatic carbocycles. The summed E-state index contributed by atoms with van der Waals surface area (Å²) >= 11 is 4.13. The van der Waals surface area contributed by atoms with Crippen molar-refractivity contribution in [2.45, 2.75) is 63.0 Å². The molecule has 3 aromatic heterocycles. The van der Waals surface area contributed by atoms with Gasteiger partial charge >= 0.3 is 5.97 Å². The van der Waals surface area contributed by atoms with Crippen LogP contribution in [0, 0.1) is 0 Å². The Balaban J connectivity index is 1.31. The molecule has 0 spiro atoms. The Morgan fingerprint density at radius 3 is 2.71 bits per heavy atom. The molecule has 214 valence electrons. The van der Waals surface area contributed by atoms with Gasteiger partial charge in [-0.25, -0.2) is 4.79 Å². The molecule has 4 aromatic rings. The number of hydrogen-bond donors (Lipinski definition) is 2. The Hall–Kier alpha value is -3.48. The van der Waals surface area contributed by atoms with E-state index in [0.717, 1.165) is 41.7 Å². The first-order valence-electron chi connectivity index (χ1n) is 13.5. The lowest BCUT2D eigenvalue weighted by Gasteiger charge is -2.14. The van der Waals surface area contributed by atoms with Crippen LogP contribution in [0.15, 0.2) is 53.0 Å². The Labute approximate surface area is 250 Å². The lowest BCUT2D eigenvalue weighted by molar-refractivity contribution is -0.115. The molecule has 0 saturated heterocycles. The van der Waals surface area contributed by atoms with Crippen molar-refractivity contribution in [1.82, 2.24) is 20.1 Å². The maximum absolute atomic E-state index is 13.3. The summed E-state index contributed by atoms with van der Waals surface area (Å²) in [6.07, 6.45) is 3.46. The summed E-state index contributed by atoms with van der Waals surface area (Å²) in [6.45, 7) is 4.65. The summed E-state index contributed by atoms with van der Waals surface area (Å²) in [4.78, 5) is 40.4. The number of esters is 1. The van der Waals surface area contributed by atoms with Crippen LogP contribution < -0.4 is 10.6 Å². The van der Waals surface area contributed by atoms with Crippen LogP contribution in [0.4, 0.5) is 5.00 Å². The molecule has 5 rings (SSSR count). The fourth-order valence-electron chi connectivity index (χ4n) is 4.64. The fourth-order valence-corrected chi connectivity index (χ4v) is 7.45. The first-order chi connectivity index (χ1) is 19.9. The van der Waals surface area contributed by atoms with Crippen molar-refractivity contribution in [2.24, 2.45) is 0 Å². The molecule has 12 heteroatoms. The molecule has 0 saturated carbocycles. The molecule has 1 aliphatic rings. The third kappa shape index (κ3) is 6.88. The van der Waals surface area contributed by atoms with Crippen LogP contribution >= 0.6 is 34.4 Å². The van der Waals surface area contributed by atoms with Crippen LogP contribution in [-0.2, 0) is 41.9 Å². The smallest absolute Gasteiger partial charge is 0.341 e. The summed E-state index contributed by atoms with van der Waals surface area (Å²) in [6, 6.07) is 13.7. The highest BCUT2D eigenvalue weighted by atomic mass is 32.2. The van der Waals surface area contributed by atoms with Gasteiger partial charge in [0.25, 0.3) is 5.91 Å². The lowest BCUT2D eigenvalue weighted by Crippen LogP contribution is -2.25. The number of aryl methyl sites for hydroxylation is 2. The van der Waals surface area contributed by atoms with E-state index in [-0.39, 0.29) is 25.0 Å². The number of rotatable bonds is 12. The van der Waals surface area contributed by atoms with Gasteiger partial charge in [0.15, 0.2) is 11.0 Å². The Morgan fingerprint density at radius 2 is 1.95 bits per heavy atom. The number of anilines is 1. The maximum atomic E-state index is 13.3. The molecule has 0 bridgehead atoms. The number of fused-ring (bicyclic) bond motifs is 1. The maximum Gasteiger partial charge on any atom is 0.341 e. The molecule has 2 amide bonds. The van der Waals surface area contributed by atoms with Gasteiger partial charge < -0.3 is 19.9 Å². The highest BCUT2D eigenvalue weighted by Crippen LogP contribution is 2.40. The molecule has 41 heavy (non-hydrogen) atoms. The number of hydrogen-bond acceptors (Lipinski definition) is 9. The summed E-state index contributed by atoms with van der Waals surface area (Å²) < 4.78 is 7.25. The number of nitrogens with one attached hydrogen (secondary N) is 2. The van der Waals surface area contributed by atoms with E-state index in [4.69, 9.17) is 4.74 Å². The van der Waals surface area contributed by atoms with E-state index in [1.807, 2.05) is 34.2 Å². The molecule has 3 heterocycles. The van der Waals surface area contributed by atoms with E-state index in [1.54, 1.807) is 19.9 Å². The lowest BCUT2D eigenvalue weighted by atomic mass is 10.1. The third-order valence-corrected chi connectivity index (χ3v) is 9.86. The average molecular weight is 610 g/mol. The van der Waals surface area contributed by atoms with Gasteiger partial charge in [-0.2, -0.15) is 0 Å². The van der Waals surface area contributed by atoms with Crippen LogP contribution in [0.2, 0.25) is 0 Å². The number of benzene rings is 1. The minimum Gasteiger partial charge on any atom is -0.462 e. The second-order valence-electron chi connectivity index (χ2n) is 9.48. The average Bonchev–Trinajstić information content (AvgIpc) is 3.77. The van der Waals surface area contributed by atoms with E-state index < -0.39 is 11.2 Å². The van der Waals surface area contributed by atoms with Crippen molar-refractivity contribution in [3.8, 4) is 0 Å². The van der Waals surface area contributed by atoms with Gasteiger partial charge in [-0.1, -0.05) is 48.2 Å². The summed E-state index contributed by atoms with van der Waals surface area (Å²) in [7, 11) is 0. The van der Waals surface area contributed by atoms with Crippen molar-refractivity contribution in [3.05, 3.63) is 80.1 Å². The van der Waals surface area contributed by atoms with Crippen LogP contribution in [0.3, 0.4) is 0 Å². The van der Waals surface area contributed by atoms with Gasteiger partial charge in [-0.05, 0) is 62.1 Å². The number of carbonyl (C=O) groups excluding carboxylic acids is 3. The molecule has 2 N–H and O–H groups in total. The molecular formula is C29H31N5O4S3. The molecule has 0 aliphatic heterocycles. The predicted molar refractivity (Wildman–Crippen MR) is 162 cm³/mol. The largest absolute Gasteiger partial charge is 0.462 e. The molecule has 9 nitrogen and oxygen atoms in total.